The Bertz CT molecular complexity index is 534. The van der Waals surface area contributed by atoms with Gasteiger partial charge in [-0.05, 0) is 32.9 Å². The SMILES string of the molecule is CC(C)(C)OC(=O)NCCOS(=O)(=O)c1ccccc1. The summed E-state index contributed by atoms with van der Waals surface area (Å²) in [5.74, 6) is 0. The van der Waals surface area contributed by atoms with Crippen molar-refractivity contribution >= 4 is 16.2 Å². The summed E-state index contributed by atoms with van der Waals surface area (Å²) in [7, 11) is -3.79. The van der Waals surface area contributed by atoms with E-state index in [4.69, 9.17) is 8.92 Å². The molecular weight excluding hydrogens is 282 g/mol. The molecule has 0 aliphatic carbocycles. The van der Waals surface area contributed by atoms with E-state index in [1.165, 1.54) is 12.1 Å². The van der Waals surface area contributed by atoms with Gasteiger partial charge in [0.2, 0.25) is 0 Å². The predicted molar refractivity (Wildman–Crippen MR) is 73.8 cm³/mol. The Morgan fingerprint density at radius 2 is 1.80 bits per heavy atom. The third-order valence-electron chi connectivity index (χ3n) is 2.04. The van der Waals surface area contributed by atoms with Gasteiger partial charge in [0.1, 0.15) is 5.60 Å². The molecule has 6 nitrogen and oxygen atoms in total. The Kier molecular flexibility index (Phi) is 5.52. The van der Waals surface area contributed by atoms with Gasteiger partial charge < -0.3 is 10.1 Å². The fourth-order valence-electron chi connectivity index (χ4n) is 1.27. The molecule has 1 rings (SSSR count). The molecule has 0 bridgehead atoms. The van der Waals surface area contributed by atoms with Crippen LogP contribution in [0.4, 0.5) is 4.79 Å². The van der Waals surface area contributed by atoms with Crippen LogP contribution in [0.25, 0.3) is 0 Å². The van der Waals surface area contributed by atoms with Crippen molar-refractivity contribution in [3.8, 4) is 0 Å². The molecule has 0 atom stereocenters. The molecule has 0 radical (unpaired) electrons. The lowest BCUT2D eigenvalue weighted by Crippen LogP contribution is -2.34. The minimum atomic E-state index is -3.79. The molecule has 112 valence electrons. The fraction of sp³-hybridized carbons (Fsp3) is 0.462. The van der Waals surface area contributed by atoms with E-state index >= 15 is 0 Å². The number of alkyl carbamates (subject to hydrolysis) is 1. The van der Waals surface area contributed by atoms with Gasteiger partial charge >= 0.3 is 6.09 Å². The second-order valence-corrected chi connectivity index (χ2v) is 6.63. The van der Waals surface area contributed by atoms with E-state index in [9.17, 15) is 13.2 Å². The zero-order chi connectivity index (χ0) is 15.2. The van der Waals surface area contributed by atoms with Crippen LogP contribution in [0.2, 0.25) is 0 Å². The maximum atomic E-state index is 11.7. The number of hydrogen-bond acceptors (Lipinski definition) is 5. The molecule has 0 saturated carbocycles. The first kappa shape index (κ1) is 16.5. The van der Waals surface area contributed by atoms with E-state index in [0.29, 0.717) is 0 Å². The van der Waals surface area contributed by atoms with Crippen molar-refractivity contribution in [1.29, 1.82) is 0 Å². The van der Waals surface area contributed by atoms with Crippen molar-refractivity contribution in [1.82, 2.24) is 5.32 Å². The van der Waals surface area contributed by atoms with Gasteiger partial charge in [-0.25, -0.2) is 4.79 Å². The molecule has 20 heavy (non-hydrogen) atoms. The number of amides is 1. The molecule has 0 fully saturated rings. The molecule has 0 heterocycles. The lowest BCUT2D eigenvalue weighted by molar-refractivity contribution is 0.0520. The van der Waals surface area contributed by atoms with Crippen LogP contribution >= 0.6 is 0 Å². The maximum Gasteiger partial charge on any atom is 0.407 e. The van der Waals surface area contributed by atoms with Crippen LogP contribution in [-0.2, 0) is 19.0 Å². The quantitative estimate of drug-likeness (QED) is 0.663. The first-order valence-electron chi connectivity index (χ1n) is 6.12. The van der Waals surface area contributed by atoms with Gasteiger partial charge in [-0.3, -0.25) is 4.18 Å². The van der Waals surface area contributed by atoms with Crippen LogP contribution in [0.5, 0.6) is 0 Å². The van der Waals surface area contributed by atoms with Crippen molar-refractivity contribution < 1.29 is 22.1 Å². The Labute approximate surface area is 119 Å². The third-order valence-corrected chi connectivity index (χ3v) is 3.37. The molecule has 7 heteroatoms. The highest BCUT2D eigenvalue weighted by atomic mass is 32.2. The van der Waals surface area contributed by atoms with Crippen molar-refractivity contribution in [3.05, 3.63) is 30.3 Å². The molecule has 0 spiro atoms. The van der Waals surface area contributed by atoms with Crippen molar-refractivity contribution in [2.75, 3.05) is 13.2 Å². The number of nitrogens with one attached hydrogen (secondary N) is 1. The van der Waals surface area contributed by atoms with Crippen LogP contribution in [0, 0.1) is 0 Å². The second kappa shape index (κ2) is 6.71. The summed E-state index contributed by atoms with van der Waals surface area (Å²) in [6.07, 6.45) is -0.613. The van der Waals surface area contributed by atoms with Crippen molar-refractivity contribution in [2.45, 2.75) is 31.3 Å². The molecule has 0 aliphatic rings. The highest BCUT2D eigenvalue weighted by molar-refractivity contribution is 7.86. The molecule has 0 unspecified atom stereocenters. The van der Waals surface area contributed by atoms with Gasteiger partial charge in [0.05, 0.1) is 11.5 Å². The van der Waals surface area contributed by atoms with Crippen LogP contribution < -0.4 is 5.32 Å². The highest BCUT2D eigenvalue weighted by Gasteiger charge is 2.17. The van der Waals surface area contributed by atoms with E-state index < -0.39 is 21.8 Å². The number of carbonyl (C=O) groups is 1. The largest absolute Gasteiger partial charge is 0.444 e. The summed E-state index contributed by atoms with van der Waals surface area (Å²) in [6, 6.07) is 7.81. The third kappa shape index (κ3) is 6.03. The molecular formula is C13H19NO5S. The lowest BCUT2D eigenvalue weighted by atomic mass is 10.2. The maximum absolute atomic E-state index is 11.7. The minimum absolute atomic E-state index is 0.0426. The van der Waals surface area contributed by atoms with Gasteiger partial charge in [-0.1, -0.05) is 18.2 Å². The summed E-state index contributed by atoms with van der Waals surface area (Å²) in [5.41, 5.74) is -0.596. The standard InChI is InChI=1S/C13H19NO5S/c1-13(2,3)19-12(15)14-9-10-18-20(16,17)11-7-5-4-6-8-11/h4-8H,9-10H2,1-3H3,(H,14,15). The number of rotatable bonds is 5. The van der Waals surface area contributed by atoms with E-state index in [0.717, 1.165) is 0 Å². The number of benzene rings is 1. The zero-order valence-corrected chi connectivity index (χ0v) is 12.6. The molecule has 1 aromatic carbocycles. The fourth-order valence-corrected chi connectivity index (χ4v) is 2.20. The summed E-state index contributed by atoms with van der Waals surface area (Å²) in [4.78, 5) is 11.4. The Balaban J connectivity index is 2.37. The van der Waals surface area contributed by atoms with E-state index in [-0.39, 0.29) is 18.0 Å². The normalized spacial score (nSPS) is 11.9. The van der Waals surface area contributed by atoms with Crippen LogP contribution in [-0.4, -0.2) is 33.3 Å². The first-order valence-corrected chi connectivity index (χ1v) is 7.53. The molecule has 1 amide bonds. The van der Waals surface area contributed by atoms with Crippen LogP contribution in [0.3, 0.4) is 0 Å². The lowest BCUT2D eigenvalue weighted by Gasteiger charge is -2.19. The second-order valence-electron chi connectivity index (χ2n) is 5.02. The topological polar surface area (TPSA) is 81.7 Å². The van der Waals surface area contributed by atoms with Crippen molar-refractivity contribution in [2.24, 2.45) is 0 Å². The number of carbonyl (C=O) groups excluding carboxylic acids is 1. The van der Waals surface area contributed by atoms with E-state index in [2.05, 4.69) is 5.32 Å². The van der Waals surface area contributed by atoms with Gasteiger partial charge in [0.15, 0.2) is 0 Å². The average Bonchev–Trinajstić information content (AvgIpc) is 2.34. The summed E-state index contributed by atoms with van der Waals surface area (Å²) in [6.45, 7) is 5.10. The minimum Gasteiger partial charge on any atom is -0.444 e. The summed E-state index contributed by atoms with van der Waals surface area (Å²) >= 11 is 0. The van der Waals surface area contributed by atoms with E-state index in [1.807, 2.05) is 0 Å². The molecule has 0 aliphatic heterocycles. The van der Waals surface area contributed by atoms with Crippen molar-refractivity contribution in [3.63, 3.8) is 0 Å². The predicted octanol–water partition coefficient (Wildman–Crippen LogP) is 1.92. The molecule has 0 saturated heterocycles. The van der Waals surface area contributed by atoms with Crippen LogP contribution in [0.15, 0.2) is 35.2 Å². The number of hydrogen-bond donors (Lipinski definition) is 1. The average molecular weight is 301 g/mol. The van der Waals surface area contributed by atoms with Crippen LogP contribution in [0.1, 0.15) is 20.8 Å². The zero-order valence-electron chi connectivity index (χ0n) is 11.8. The van der Waals surface area contributed by atoms with Gasteiger partial charge in [-0.15, -0.1) is 0 Å². The first-order chi connectivity index (χ1) is 9.21. The van der Waals surface area contributed by atoms with E-state index in [1.54, 1.807) is 39.0 Å². The smallest absolute Gasteiger partial charge is 0.407 e. The summed E-state index contributed by atoms with van der Waals surface area (Å²) in [5, 5.41) is 2.41. The Morgan fingerprint density at radius 1 is 1.20 bits per heavy atom. The Morgan fingerprint density at radius 3 is 2.35 bits per heavy atom. The molecule has 1 N–H and O–H groups in total. The Hall–Kier alpha value is -1.60. The molecule has 0 aromatic heterocycles. The monoisotopic (exact) mass is 301 g/mol. The summed E-state index contributed by atoms with van der Waals surface area (Å²) < 4.78 is 33.3. The van der Waals surface area contributed by atoms with Gasteiger partial charge in [0.25, 0.3) is 10.1 Å². The van der Waals surface area contributed by atoms with Gasteiger partial charge in [0, 0.05) is 6.54 Å². The highest BCUT2D eigenvalue weighted by Crippen LogP contribution is 2.10. The molecule has 1 aromatic rings. The van der Waals surface area contributed by atoms with Gasteiger partial charge in [-0.2, -0.15) is 8.42 Å². The number of ether oxygens (including phenoxy) is 1.